The molecule has 0 aliphatic carbocycles. The van der Waals surface area contributed by atoms with Gasteiger partial charge in [-0.2, -0.15) is 0 Å². The first-order valence-electron chi connectivity index (χ1n) is 6.02. The summed E-state index contributed by atoms with van der Waals surface area (Å²) in [6.07, 6.45) is 0. The molecule has 0 spiro atoms. The molecule has 2 aromatic carbocycles. The number of ether oxygens (including phenoxy) is 2. The summed E-state index contributed by atoms with van der Waals surface area (Å²) in [6, 6.07) is 8.66. The molecule has 0 bridgehead atoms. The van der Waals surface area contributed by atoms with Gasteiger partial charge >= 0.3 is 0 Å². The van der Waals surface area contributed by atoms with E-state index >= 15 is 0 Å². The lowest BCUT2D eigenvalue weighted by Gasteiger charge is -2.13. The second-order valence-electron chi connectivity index (χ2n) is 4.32. The fourth-order valence-electron chi connectivity index (χ4n) is 1.88. The van der Waals surface area contributed by atoms with Crippen LogP contribution in [-0.4, -0.2) is 22.6 Å². The molecule has 21 heavy (non-hydrogen) atoms. The SMILES string of the molecule is COc1cc(N)c(S(=O)(=O)c2ccc(N)cc2)cc1OC. The third-order valence-corrected chi connectivity index (χ3v) is 4.82. The molecule has 0 atom stereocenters. The molecule has 0 fully saturated rings. The molecule has 112 valence electrons. The molecule has 7 heteroatoms. The average Bonchev–Trinajstić information content (AvgIpc) is 2.47. The van der Waals surface area contributed by atoms with E-state index in [2.05, 4.69) is 0 Å². The number of hydrogen-bond acceptors (Lipinski definition) is 6. The van der Waals surface area contributed by atoms with E-state index in [4.69, 9.17) is 20.9 Å². The monoisotopic (exact) mass is 308 g/mol. The van der Waals surface area contributed by atoms with Crippen molar-refractivity contribution in [3.63, 3.8) is 0 Å². The molecule has 0 aliphatic heterocycles. The van der Waals surface area contributed by atoms with Crippen LogP contribution in [0.5, 0.6) is 11.5 Å². The first-order valence-corrected chi connectivity index (χ1v) is 7.50. The number of rotatable bonds is 4. The van der Waals surface area contributed by atoms with E-state index in [1.165, 1.54) is 50.6 Å². The highest BCUT2D eigenvalue weighted by Gasteiger charge is 2.23. The maximum atomic E-state index is 12.6. The lowest BCUT2D eigenvalue weighted by Crippen LogP contribution is -2.07. The number of sulfone groups is 1. The van der Waals surface area contributed by atoms with Crippen molar-refractivity contribution in [3.05, 3.63) is 36.4 Å². The molecule has 2 rings (SSSR count). The number of benzene rings is 2. The van der Waals surface area contributed by atoms with Crippen molar-refractivity contribution in [1.29, 1.82) is 0 Å². The van der Waals surface area contributed by atoms with E-state index in [0.29, 0.717) is 17.2 Å². The van der Waals surface area contributed by atoms with Gasteiger partial charge < -0.3 is 20.9 Å². The van der Waals surface area contributed by atoms with Crippen molar-refractivity contribution in [2.75, 3.05) is 25.7 Å². The Morgan fingerprint density at radius 3 is 1.95 bits per heavy atom. The summed E-state index contributed by atoms with van der Waals surface area (Å²) in [4.78, 5) is 0.0699. The molecule has 0 radical (unpaired) electrons. The van der Waals surface area contributed by atoms with E-state index in [1.807, 2.05) is 0 Å². The quantitative estimate of drug-likeness (QED) is 0.833. The van der Waals surface area contributed by atoms with Crippen LogP contribution in [0.15, 0.2) is 46.2 Å². The van der Waals surface area contributed by atoms with Gasteiger partial charge in [0.05, 0.1) is 29.7 Å². The summed E-state index contributed by atoms with van der Waals surface area (Å²) in [5.41, 5.74) is 12.0. The predicted molar refractivity (Wildman–Crippen MR) is 80.3 cm³/mol. The Kier molecular flexibility index (Phi) is 3.95. The number of nitrogens with two attached hydrogens (primary N) is 2. The van der Waals surface area contributed by atoms with Gasteiger partial charge in [0.1, 0.15) is 0 Å². The van der Waals surface area contributed by atoms with Crippen molar-refractivity contribution in [1.82, 2.24) is 0 Å². The molecule has 2 aromatic rings. The number of anilines is 2. The van der Waals surface area contributed by atoms with Gasteiger partial charge in [-0.25, -0.2) is 8.42 Å². The molecule has 0 saturated heterocycles. The standard InChI is InChI=1S/C14H16N2O4S/c1-19-12-7-11(16)14(8-13(12)20-2)21(17,18)10-5-3-9(15)4-6-10/h3-8H,15-16H2,1-2H3. The summed E-state index contributed by atoms with van der Waals surface area (Å²) in [7, 11) is -0.886. The van der Waals surface area contributed by atoms with Crippen molar-refractivity contribution in [2.45, 2.75) is 9.79 Å². The molecule has 0 aromatic heterocycles. The van der Waals surface area contributed by atoms with Gasteiger partial charge in [-0.1, -0.05) is 0 Å². The molecule has 0 saturated carbocycles. The molecule has 4 N–H and O–H groups in total. The summed E-state index contributed by atoms with van der Waals surface area (Å²) >= 11 is 0. The van der Waals surface area contributed by atoms with Crippen molar-refractivity contribution in [3.8, 4) is 11.5 Å². The van der Waals surface area contributed by atoms with E-state index in [-0.39, 0.29) is 15.5 Å². The van der Waals surface area contributed by atoms with E-state index in [9.17, 15) is 8.42 Å². The molecule has 0 unspecified atom stereocenters. The van der Waals surface area contributed by atoms with Gasteiger partial charge in [0.25, 0.3) is 0 Å². The van der Waals surface area contributed by atoms with Crippen molar-refractivity contribution in [2.24, 2.45) is 0 Å². The smallest absolute Gasteiger partial charge is 0.208 e. The molecular weight excluding hydrogens is 292 g/mol. The lowest BCUT2D eigenvalue weighted by molar-refractivity contribution is 0.354. The van der Waals surface area contributed by atoms with Crippen molar-refractivity contribution >= 4 is 21.2 Å². The second-order valence-corrected chi connectivity index (χ2v) is 6.24. The first kappa shape index (κ1) is 15.0. The van der Waals surface area contributed by atoms with Gasteiger partial charge in [-0.3, -0.25) is 0 Å². The average molecular weight is 308 g/mol. The zero-order valence-electron chi connectivity index (χ0n) is 11.7. The van der Waals surface area contributed by atoms with Gasteiger partial charge in [-0.05, 0) is 24.3 Å². The Morgan fingerprint density at radius 2 is 1.43 bits per heavy atom. The topological polar surface area (TPSA) is 105 Å². The molecular formula is C14H16N2O4S. The molecule has 0 heterocycles. The third kappa shape index (κ3) is 2.73. The number of methoxy groups -OCH3 is 2. The van der Waals surface area contributed by atoms with Crippen LogP contribution in [0.1, 0.15) is 0 Å². The highest BCUT2D eigenvalue weighted by atomic mass is 32.2. The summed E-state index contributed by atoms with van der Waals surface area (Å²) in [5.74, 6) is 0.659. The predicted octanol–water partition coefficient (Wildman–Crippen LogP) is 1.70. The zero-order valence-corrected chi connectivity index (χ0v) is 12.5. The van der Waals surface area contributed by atoms with Gasteiger partial charge in [0, 0.05) is 17.8 Å². The maximum absolute atomic E-state index is 12.6. The van der Waals surface area contributed by atoms with Gasteiger partial charge in [0.15, 0.2) is 11.5 Å². The van der Waals surface area contributed by atoms with Crippen LogP contribution in [0, 0.1) is 0 Å². The minimum atomic E-state index is -3.76. The zero-order chi connectivity index (χ0) is 15.6. The van der Waals surface area contributed by atoms with Crippen LogP contribution in [0.4, 0.5) is 11.4 Å². The largest absolute Gasteiger partial charge is 0.493 e. The highest BCUT2D eigenvalue weighted by Crippen LogP contribution is 2.36. The van der Waals surface area contributed by atoms with E-state index in [1.54, 1.807) is 0 Å². The number of nitrogen functional groups attached to an aromatic ring is 2. The molecule has 0 aliphatic rings. The fraction of sp³-hybridized carbons (Fsp3) is 0.143. The van der Waals surface area contributed by atoms with Crippen LogP contribution in [-0.2, 0) is 9.84 Å². The van der Waals surface area contributed by atoms with Crippen LogP contribution in [0.3, 0.4) is 0 Å². The summed E-state index contributed by atoms with van der Waals surface area (Å²) in [5, 5.41) is 0. The molecule has 0 amide bonds. The summed E-state index contributed by atoms with van der Waals surface area (Å²) < 4.78 is 35.4. The van der Waals surface area contributed by atoms with Crippen LogP contribution >= 0.6 is 0 Å². The Labute approximate surface area is 123 Å². The summed E-state index contributed by atoms with van der Waals surface area (Å²) in [6.45, 7) is 0. The Bertz CT molecular complexity index is 755. The normalized spacial score (nSPS) is 11.1. The molecule has 6 nitrogen and oxygen atoms in total. The maximum Gasteiger partial charge on any atom is 0.208 e. The van der Waals surface area contributed by atoms with Crippen LogP contribution in [0.25, 0.3) is 0 Å². The minimum absolute atomic E-state index is 0.0371. The Hall–Kier alpha value is -2.41. The van der Waals surface area contributed by atoms with E-state index < -0.39 is 9.84 Å². The fourth-order valence-corrected chi connectivity index (χ4v) is 3.26. The number of hydrogen-bond donors (Lipinski definition) is 2. The second kappa shape index (κ2) is 5.53. The van der Waals surface area contributed by atoms with Crippen molar-refractivity contribution < 1.29 is 17.9 Å². The van der Waals surface area contributed by atoms with Crippen LogP contribution in [0.2, 0.25) is 0 Å². The highest BCUT2D eigenvalue weighted by molar-refractivity contribution is 7.91. The Morgan fingerprint density at radius 1 is 0.905 bits per heavy atom. The van der Waals surface area contributed by atoms with Crippen LogP contribution < -0.4 is 20.9 Å². The third-order valence-electron chi connectivity index (χ3n) is 3.00. The van der Waals surface area contributed by atoms with E-state index in [0.717, 1.165) is 0 Å². The first-order chi connectivity index (χ1) is 9.90. The Balaban J connectivity index is 2.62. The minimum Gasteiger partial charge on any atom is -0.493 e. The van der Waals surface area contributed by atoms with Gasteiger partial charge in [0.2, 0.25) is 9.84 Å². The lowest BCUT2D eigenvalue weighted by atomic mass is 10.3. The van der Waals surface area contributed by atoms with Gasteiger partial charge in [-0.15, -0.1) is 0 Å².